The number of ketones is 1. The molecule has 0 saturated heterocycles. The van der Waals surface area contributed by atoms with E-state index in [1.165, 1.54) is 23.1 Å². The van der Waals surface area contributed by atoms with E-state index in [1.54, 1.807) is 0 Å². The number of esters is 1. The Morgan fingerprint density at radius 1 is 1.13 bits per heavy atom. The van der Waals surface area contributed by atoms with E-state index in [9.17, 15) is 9.59 Å². The highest BCUT2D eigenvalue weighted by molar-refractivity contribution is 6.15. The Hall–Kier alpha value is -2.68. The van der Waals surface area contributed by atoms with Crippen molar-refractivity contribution in [2.24, 2.45) is 0 Å². The molecule has 0 aromatic heterocycles. The van der Waals surface area contributed by atoms with Crippen LogP contribution in [0.1, 0.15) is 28.4 Å². The third kappa shape index (κ3) is 2.04. The molecule has 0 heterocycles. The van der Waals surface area contributed by atoms with E-state index in [2.05, 4.69) is 24.3 Å². The van der Waals surface area contributed by atoms with E-state index in [0.29, 0.717) is 12.0 Å². The number of Topliss-reactive ketones (excluding diaryl/α,β-unsaturated/α-hetero) is 1. The monoisotopic (exact) mass is 304 g/mol. The fourth-order valence-electron chi connectivity index (χ4n) is 3.66. The molecule has 0 N–H and O–H groups in total. The first kappa shape index (κ1) is 13.9. The molecule has 4 rings (SSSR count). The maximum absolute atomic E-state index is 12.5. The number of rotatable bonds is 1. The Bertz CT molecular complexity index is 985. The van der Waals surface area contributed by atoms with Crippen LogP contribution in [-0.2, 0) is 16.0 Å². The minimum atomic E-state index is -0.682. The van der Waals surface area contributed by atoms with Gasteiger partial charge < -0.3 is 4.74 Å². The van der Waals surface area contributed by atoms with Crippen molar-refractivity contribution >= 4 is 33.3 Å². The van der Waals surface area contributed by atoms with Gasteiger partial charge in [0.1, 0.15) is 0 Å². The molecule has 3 nitrogen and oxygen atoms in total. The summed E-state index contributed by atoms with van der Waals surface area (Å²) in [6.07, 6.45) is -0.220. The quantitative estimate of drug-likeness (QED) is 0.504. The number of hydrogen-bond acceptors (Lipinski definition) is 3. The summed E-state index contributed by atoms with van der Waals surface area (Å²) in [6.45, 7) is 3.37. The highest BCUT2D eigenvalue weighted by atomic mass is 16.5. The summed E-state index contributed by atoms with van der Waals surface area (Å²) in [5, 5.41) is 4.64. The molecule has 23 heavy (non-hydrogen) atoms. The normalized spacial score (nSPS) is 16.8. The van der Waals surface area contributed by atoms with Crippen molar-refractivity contribution in [1.29, 1.82) is 0 Å². The number of aryl methyl sites for hydroxylation is 1. The van der Waals surface area contributed by atoms with Crippen molar-refractivity contribution in [2.75, 3.05) is 0 Å². The predicted molar refractivity (Wildman–Crippen MR) is 89.8 cm³/mol. The molecule has 1 atom stereocenters. The van der Waals surface area contributed by atoms with E-state index in [-0.39, 0.29) is 5.78 Å². The van der Waals surface area contributed by atoms with E-state index in [0.717, 1.165) is 16.5 Å². The van der Waals surface area contributed by atoms with Gasteiger partial charge in [0.25, 0.3) is 0 Å². The van der Waals surface area contributed by atoms with Gasteiger partial charge in [0, 0.05) is 18.9 Å². The Balaban J connectivity index is 2.00. The lowest BCUT2D eigenvalue weighted by Gasteiger charge is -2.11. The zero-order valence-electron chi connectivity index (χ0n) is 13.1. The predicted octanol–water partition coefficient (Wildman–Crippen LogP) is 3.97. The van der Waals surface area contributed by atoms with Crippen molar-refractivity contribution < 1.29 is 14.3 Å². The van der Waals surface area contributed by atoms with Crippen LogP contribution in [0.25, 0.3) is 21.5 Å². The number of fused-ring (bicyclic) bond motifs is 5. The average Bonchev–Trinajstić information content (AvgIpc) is 2.83. The van der Waals surface area contributed by atoms with Crippen LogP contribution in [0.2, 0.25) is 0 Å². The Morgan fingerprint density at radius 2 is 1.91 bits per heavy atom. The van der Waals surface area contributed by atoms with Gasteiger partial charge in [0.05, 0.1) is 0 Å². The largest absolute Gasteiger partial charge is 0.454 e. The number of carbonyl (C=O) groups is 2. The van der Waals surface area contributed by atoms with Crippen LogP contribution in [0.3, 0.4) is 0 Å². The molecule has 0 amide bonds. The topological polar surface area (TPSA) is 43.4 Å². The summed E-state index contributed by atoms with van der Waals surface area (Å²) < 4.78 is 5.19. The third-order valence-corrected chi connectivity index (χ3v) is 4.59. The highest BCUT2D eigenvalue weighted by Crippen LogP contribution is 2.37. The van der Waals surface area contributed by atoms with Crippen LogP contribution in [0.15, 0.2) is 42.5 Å². The van der Waals surface area contributed by atoms with Gasteiger partial charge in [-0.15, -0.1) is 0 Å². The number of hydrogen-bond donors (Lipinski definition) is 0. The molecular weight excluding hydrogens is 288 g/mol. The van der Waals surface area contributed by atoms with Gasteiger partial charge in [-0.2, -0.15) is 0 Å². The second kappa shape index (κ2) is 4.92. The van der Waals surface area contributed by atoms with Crippen LogP contribution >= 0.6 is 0 Å². The minimum Gasteiger partial charge on any atom is -0.454 e. The molecule has 0 saturated carbocycles. The van der Waals surface area contributed by atoms with E-state index < -0.39 is 12.1 Å². The molecule has 0 fully saturated rings. The van der Waals surface area contributed by atoms with Crippen LogP contribution in [0.4, 0.5) is 0 Å². The van der Waals surface area contributed by atoms with Crippen molar-refractivity contribution in [1.82, 2.24) is 0 Å². The van der Waals surface area contributed by atoms with Gasteiger partial charge in [-0.05, 0) is 45.7 Å². The molecule has 0 aliphatic heterocycles. The van der Waals surface area contributed by atoms with Crippen molar-refractivity contribution in [3.8, 4) is 0 Å². The van der Waals surface area contributed by atoms with Crippen molar-refractivity contribution in [3.05, 3.63) is 59.2 Å². The molecule has 1 unspecified atom stereocenters. The number of ether oxygens (including phenoxy) is 1. The first-order valence-corrected chi connectivity index (χ1v) is 7.71. The molecule has 3 heteroatoms. The first-order valence-electron chi connectivity index (χ1n) is 7.71. The molecule has 1 aliphatic carbocycles. The summed E-state index contributed by atoms with van der Waals surface area (Å²) in [6, 6.07) is 14.4. The average molecular weight is 304 g/mol. The summed E-state index contributed by atoms with van der Waals surface area (Å²) in [4.78, 5) is 23.7. The fourth-order valence-corrected chi connectivity index (χ4v) is 3.66. The Kier molecular flexibility index (Phi) is 2.98. The van der Waals surface area contributed by atoms with Gasteiger partial charge in [-0.1, -0.05) is 36.4 Å². The summed E-state index contributed by atoms with van der Waals surface area (Å²) in [7, 11) is 0. The second-order valence-electron chi connectivity index (χ2n) is 6.10. The summed E-state index contributed by atoms with van der Waals surface area (Å²) >= 11 is 0. The van der Waals surface area contributed by atoms with Crippen molar-refractivity contribution in [2.45, 2.75) is 26.4 Å². The van der Waals surface area contributed by atoms with Gasteiger partial charge in [-0.3, -0.25) is 9.59 Å². The maximum Gasteiger partial charge on any atom is 0.303 e. The fraction of sp³-hybridized carbons (Fsp3) is 0.200. The third-order valence-electron chi connectivity index (χ3n) is 4.59. The molecule has 0 radical (unpaired) electrons. The second-order valence-corrected chi connectivity index (χ2v) is 6.10. The van der Waals surface area contributed by atoms with Gasteiger partial charge >= 0.3 is 5.97 Å². The lowest BCUT2D eigenvalue weighted by Crippen LogP contribution is -2.22. The van der Waals surface area contributed by atoms with Crippen LogP contribution < -0.4 is 0 Å². The van der Waals surface area contributed by atoms with Gasteiger partial charge in [0.2, 0.25) is 5.78 Å². The number of benzene rings is 3. The van der Waals surface area contributed by atoms with Gasteiger partial charge in [0.15, 0.2) is 6.10 Å². The lowest BCUT2D eigenvalue weighted by molar-refractivity contribution is -0.143. The zero-order valence-corrected chi connectivity index (χ0v) is 13.1. The van der Waals surface area contributed by atoms with Crippen LogP contribution in [-0.4, -0.2) is 17.9 Å². The smallest absolute Gasteiger partial charge is 0.303 e. The molecule has 3 aromatic carbocycles. The lowest BCUT2D eigenvalue weighted by atomic mass is 9.92. The maximum atomic E-state index is 12.5. The molecule has 114 valence electrons. The Morgan fingerprint density at radius 3 is 2.70 bits per heavy atom. The first-order chi connectivity index (χ1) is 11.1. The summed E-state index contributed by atoms with van der Waals surface area (Å²) in [5.74, 6) is -0.504. The standard InChI is InChI=1S/C20H16O3/c1-11-9-17-16(10-18(20(17)22)23-12(2)21)15-8-7-13-5-3-4-6-14(13)19(11)15/h3-9,18H,10H2,1-2H3. The SMILES string of the molecule is CC(=O)OC1Cc2c(cc(C)c3c2ccc2ccccc23)C1=O. The van der Waals surface area contributed by atoms with E-state index in [1.807, 2.05) is 25.1 Å². The molecule has 0 bridgehead atoms. The molecule has 3 aromatic rings. The van der Waals surface area contributed by atoms with Crippen LogP contribution in [0.5, 0.6) is 0 Å². The minimum absolute atomic E-state index is 0.0895. The molecule has 1 aliphatic rings. The van der Waals surface area contributed by atoms with Crippen molar-refractivity contribution in [3.63, 3.8) is 0 Å². The number of carbonyl (C=O) groups excluding carboxylic acids is 2. The highest BCUT2D eigenvalue weighted by Gasteiger charge is 2.34. The molecular formula is C20H16O3. The zero-order chi connectivity index (χ0) is 16.1. The van der Waals surface area contributed by atoms with E-state index >= 15 is 0 Å². The molecule has 0 spiro atoms. The van der Waals surface area contributed by atoms with E-state index in [4.69, 9.17) is 4.74 Å². The van der Waals surface area contributed by atoms with Crippen LogP contribution in [0, 0.1) is 6.92 Å². The Labute approximate surface area is 133 Å². The summed E-state index contributed by atoms with van der Waals surface area (Å²) in [5.41, 5.74) is 2.76. The van der Waals surface area contributed by atoms with Gasteiger partial charge in [-0.25, -0.2) is 0 Å².